The van der Waals surface area contributed by atoms with Crippen LogP contribution in [0.1, 0.15) is 12.2 Å². The van der Waals surface area contributed by atoms with Gasteiger partial charge in [0.05, 0.1) is 31.6 Å². The number of rotatable bonds is 4. The minimum atomic E-state index is -0.863. The summed E-state index contributed by atoms with van der Waals surface area (Å²) in [6.45, 7) is 2.89. The Bertz CT molecular complexity index is 1630. The van der Waals surface area contributed by atoms with Gasteiger partial charge in [-0.25, -0.2) is 4.52 Å². The number of para-hydroxylation sites is 1. The van der Waals surface area contributed by atoms with Gasteiger partial charge in [-0.3, -0.25) is 9.36 Å². The van der Waals surface area contributed by atoms with Crippen LogP contribution in [0.4, 0.5) is 11.9 Å². The van der Waals surface area contributed by atoms with Crippen LogP contribution >= 0.6 is 23.2 Å². The van der Waals surface area contributed by atoms with Crippen molar-refractivity contribution in [3.63, 3.8) is 0 Å². The van der Waals surface area contributed by atoms with Crippen LogP contribution in [0.25, 0.3) is 16.9 Å². The summed E-state index contributed by atoms with van der Waals surface area (Å²) >= 11 is 12.6. The Hall–Kier alpha value is -3.41. The van der Waals surface area contributed by atoms with Crippen molar-refractivity contribution < 1.29 is 0 Å². The first-order valence-electron chi connectivity index (χ1n) is 10.7. The van der Waals surface area contributed by atoms with Crippen molar-refractivity contribution in [3.05, 3.63) is 75.0 Å². The summed E-state index contributed by atoms with van der Waals surface area (Å²) in [5.74, 6) is 1.26. The standard InChI is InChI=1S/C21H19Cl2N9OSi/c1-34-21(8-10-29(21)20-27-19(24)26-16-14(23)11-25-32(16)20)18-28-30-9-7-13(22)15(30)17(33)31(18)12-5-3-2-4-6-12/h2-7,9,11H,8,10,34H2,1H3,(H2,24,26). The van der Waals surface area contributed by atoms with E-state index in [2.05, 4.69) is 26.5 Å². The van der Waals surface area contributed by atoms with Crippen LogP contribution in [-0.2, 0) is 5.16 Å². The summed E-state index contributed by atoms with van der Waals surface area (Å²) in [6.07, 6.45) is 4.03. The predicted molar refractivity (Wildman–Crippen MR) is 134 cm³/mol. The van der Waals surface area contributed by atoms with Gasteiger partial charge >= 0.3 is 0 Å². The molecule has 0 amide bonds. The molecular weight excluding hydrogens is 493 g/mol. The number of anilines is 2. The van der Waals surface area contributed by atoms with Gasteiger partial charge in [0, 0.05) is 12.7 Å². The molecule has 1 aliphatic rings. The molecule has 172 valence electrons. The topological polar surface area (TPSA) is 112 Å². The summed E-state index contributed by atoms with van der Waals surface area (Å²) in [7, 11) is -0.863. The van der Waals surface area contributed by atoms with Crippen molar-refractivity contribution in [2.75, 3.05) is 17.2 Å². The molecule has 6 rings (SSSR count). The molecule has 1 saturated heterocycles. The van der Waals surface area contributed by atoms with E-state index in [1.54, 1.807) is 25.9 Å². The van der Waals surface area contributed by atoms with Gasteiger partial charge in [-0.1, -0.05) is 47.9 Å². The highest BCUT2D eigenvalue weighted by atomic mass is 35.5. The molecule has 1 fully saturated rings. The number of benzene rings is 1. The van der Waals surface area contributed by atoms with Crippen LogP contribution in [0, 0.1) is 0 Å². The number of halogens is 2. The van der Waals surface area contributed by atoms with E-state index in [9.17, 15) is 4.79 Å². The number of hydrogen-bond donors (Lipinski definition) is 1. The number of aromatic nitrogens is 7. The fraction of sp³-hybridized carbons (Fsp3) is 0.190. The van der Waals surface area contributed by atoms with Gasteiger partial charge in [-0.05, 0) is 24.6 Å². The smallest absolute Gasteiger partial charge is 0.284 e. The van der Waals surface area contributed by atoms with Crippen molar-refractivity contribution in [1.82, 2.24) is 33.8 Å². The second-order valence-electron chi connectivity index (χ2n) is 8.15. The van der Waals surface area contributed by atoms with Crippen molar-refractivity contribution in [3.8, 4) is 5.69 Å². The largest absolute Gasteiger partial charge is 0.368 e. The van der Waals surface area contributed by atoms with E-state index in [-0.39, 0.29) is 11.5 Å². The van der Waals surface area contributed by atoms with Gasteiger partial charge in [0.2, 0.25) is 11.9 Å². The number of nitrogen functional groups attached to an aromatic ring is 1. The van der Waals surface area contributed by atoms with Gasteiger partial charge in [0.1, 0.15) is 10.5 Å². The Morgan fingerprint density at radius 3 is 2.62 bits per heavy atom. The van der Waals surface area contributed by atoms with Crippen LogP contribution in [0.3, 0.4) is 0 Å². The summed E-state index contributed by atoms with van der Waals surface area (Å²) in [5.41, 5.74) is 7.29. The van der Waals surface area contributed by atoms with Crippen molar-refractivity contribution >= 4 is 55.8 Å². The lowest BCUT2D eigenvalue weighted by molar-refractivity contribution is 0.355. The molecule has 2 N–H and O–H groups in total. The molecule has 0 bridgehead atoms. The normalized spacial score (nSPS) is 18.4. The molecule has 0 saturated carbocycles. The van der Waals surface area contributed by atoms with Crippen molar-refractivity contribution in [2.24, 2.45) is 0 Å². The third kappa shape index (κ3) is 2.84. The molecule has 0 spiro atoms. The van der Waals surface area contributed by atoms with Gasteiger partial charge in [-0.2, -0.15) is 24.7 Å². The first kappa shape index (κ1) is 21.1. The summed E-state index contributed by atoms with van der Waals surface area (Å²) in [5, 5.41) is 9.54. The highest BCUT2D eigenvalue weighted by Gasteiger charge is 2.50. The Morgan fingerprint density at radius 2 is 1.91 bits per heavy atom. The van der Waals surface area contributed by atoms with E-state index < -0.39 is 14.7 Å². The van der Waals surface area contributed by atoms with Gasteiger partial charge in [-0.15, -0.1) is 0 Å². The molecular formula is C21H19Cl2N9OSi. The second kappa shape index (κ2) is 7.55. The van der Waals surface area contributed by atoms with E-state index in [1.165, 1.54) is 6.20 Å². The third-order valence-electron chi connectivity index (χ3n) is 6.49. The van der Waals surface area contributed by atoms with Crippen LogP contribution < -0.4 is 16.2 Å². The lowest BCUT2D eigenvalue weighted by Crippen LogP contribution is -2.63. The Kier molecular flexibility index (Phi) is 4.70. The molecule has 0 aliphatic carbocycles. The molecule has 0 radical (unpaired) electrons. The van der Waals surface area contributed by atoms with E-state index in [0.717, 1.165) is 12.1 Å². The zero-order valence-electron chi connectivity index (χ0n) is 18.1. The second-order valence-corrected chi connectivity index (χ2v) is 10.8. The Labute approximate surface area is 205 Å². The van der Waals surface area contributed by atoms with E-state index >= 15 is 0 Å². The lowest BCUT2D eigenvalue weighted by Gasteiger charge is -2.52. The number of hydrogen-bond acceptors (Lipinski definition) is 7. The lowest BCUT2D eigenvalue weighted by atomic mass is 10.0. The molecule has 1 aliphatic heterocycles. The fourth-order valence-electron chi connectivity index (χ4n) is 4.72. The molecule has 34 heavy (non-hydrogen) atoms. The monoisotopic (exact) mass is 511 g/mol. The predicted octanol–water partition coefficient (Wildman–Crippen LogP) is 2.09. The molecule has 1 aromatic carbocycles. The molecule has 4 aromatic heterocycles. The first-order valence-corrected chi connectivity index (χ1v) is 13.6. The maximum Gasteiger partial charge on any atom is 0.284 e. The Morgan fingerprint density at radius 1 is 1.12 bits per heavy atom. The van der Waals surface area contributed by atoms with E-state index in [4.69, 9.17) is 34.0 Å². The minimum absolute atomic E-state index is 0.101. The van der Waals surface area contributed by atoms with Gasteiger partial charge in [0.15, 0.2) is 11.5 Å². The third-order valence-corrected chi connectivity index (χ3v) is 9.28. The van der Waals surface area contributed by atoms with Crippen molar-refractivity contribution in [2.45, 2.75) is 18.1 Å². The molecule has 5 aromatic rings. The maximum atomic E-state index is 13.8. The average molecular weight is 512 g/mol. The van der Waals surface area contributed by atoms with Crippen LogP contribution in [0.15, 0.2) is 53.6 Å². The SMILES string of the molecule is C[SiH2]C1(c2nn3ccc(Cl)c3c(=O)n2-c2ccccc2)CCN1c1nc(N)nc2c(Cl)cnn12. The highest BCUT2D eigenvalue weighted by molar-refractivity contribution is 6.40. The van der Waals surface area contributed by atoms with Gasteiger partial charge in [0.25, 0.3) is 5.56 Å². The average Bonchev–Trinajstić information content (AvgIpc) is 3.37. The number of fused-ring (bicyclic) bond motifs is 2. The molecule has 10 nitrogen and oxygen atoms in total. The van der Waals surface area contributed by atoms with Crippen molar-refractivity contribution in [1.29, 1.82) is 0 Å². The van der Waals surface area contributed by atoms with Crippen LogP contribution in [0.5, 0.6) is 0 Å². The number of nitrogens with two attached hydrogens (primary N) is 1. The molecule has 5 heterocycles. The van der Waals surface area contributed by atoms with E-state index in [0.29, 0.717) is 39.5 Å². The zero-order valence-corrected chi connectivity index (χ0v) is 21.0. The molecule has 1 atom stereocenters. The Balaban J connectivity index is 1.65. The quantitative estimate of drug-likeness (QED) is 0.367. The first-order chi connectivity index (χ1) is 16.4. The summed E-state index contributed by atoms with van der Waals surface area (Å²) in [6, 6.07) is 11.2. The minimum Gasteiger partial charge on any atom is -0.368 e. The number of nitrogens with zero attached hydrogens (tertiary/aromatic N) is 8. The van der Waals surface area contributed by atoms with Gasteiger partial charge < -0.3 is 10.6 Å². The summed E-state index contributed by atoms with van der Waals surface area (Å²) in [4.78, 5) is 24.6. The van der Waals surface area contributed by atoms with Crippen LogP contribution in [0.2, 0.25) is 16.6 Å². The maximum absolute atomic E-state index is 13.8. The fourth-order valence-corrected chi connectivity index (χ4v) is 6.85. The molecule has 1 unspecified atom stereocenters. The summed E-state index contributed by atoms with van der Waals surface area (Å²) < 4.78 is 4.82. The molecule has 13 heteroatoms. The van der Waals surface area contributed by atoms with Crippen LogP contribution in [-0.4, -0.2) is 49.8 Å². The van der Waals surface area contributed by atoms with E-state index in [1.807, 2.05) is 30.3 Å². The highest BCUT2D eigenvalue weighted by Crippen LogP contribution is 2.42. The zero-order chi connectivity index (χ0) is 23.6.